The van der Waals surface area contributed by atoms with Crippen LogP contribution in [0.25, 0.3) is 0 Å². The van der Waals surface area contributed by atoms with Crippen LogP contribution in [-0.4, -0.2) is 27.4 Å². The molecule has 0 spiro atoms. The van der Waals surface area contributed by atoms with Crippen LogP contribution >= 0.6 is 0 Å². The van der Waals surface area contributed by atoms with E-state index in [9.17, 15) is 0 Å². The summed E-state index contributed by atoms with van der Waals surface area (Å²) < 4.78 is 10.9. The molecule has 2 heteroatoms. The third-order valence-electron chi connectivity index (χ3n) is 3.30. The van der Waals surface area contributed by atoms with Crippen LogP contribution < -0.4 is 0 Å². The highest BCUT2D eigenvalue weighted by Crippen LogP contribution is 2.33. The smallest absolute Gasteiger partial charge is 0.0540 e. The minimum atomic E-state index is 0.228. The van der Waals surface area contributed by atoms with Crippen molar-refractivity contribution >= 4 is 0 Å². The van der Waals surface area contributed by atoms with Crippen LogP contribution in [0.4, 0.5) is 0 Å². The molecule has 0 aliphatic rings. The fraction of sp³-hybridized carbons (Fsp3) is 1.00. The summed E-state index contributed by atoms with van der Waals surface area (Å²) >= 11 is 0. The maximum absolute atomic E-state index is 5.44. The van der Waals surface area contributed by atoms with Gasteiger partial charge in [0.15, 0.2) is 0 Å². The van der Waals surface area contributed by atoms with Crippen LogP contribution in [0.3, 0.4) is 0 Å². The second kappa shape index (κ2) is 9.90. The molecule has 0 aliphatic carbocycles. The van der Waals surface area contributed by atoms with E-state index in [4.69, 9.17) is 9.47 Å². The fourth-order valence-corrected chi connectivity index (χ4v) is 2.81. The van der Waals surface area contributed by atoms with Gasteiger partial charge in [-0.3, -0.25) is 0 Å². The third kappa shape index (κ3) is 7.77. The van der Waals surface area contributed by atoms with E-state index in [2.05, 4.69) is 20.8 Å². The summed E-state index contributed by atoms with van der Waals surface area (Å²) in [7, 11) is 3.60. The summed E-state index contributed by atoms with van der Waals surface area (Å²) in [5, 5.41) is 0. The monoisotopic (exact) mass is 244 g/mol. The summed E-state index contributed by atoms with van der Waals surface area (Å²) in [5.41, 5.74) is 0.228. The van der Waals surface area contributed by atoms with Crippen LogP contribution in [0.2, 0.25) is 0 Å². The standard InChI is InChI=1S/C15H32O2/c1-6-7-8-9-10-15(12-16-4,13-17-5)11-14(2)3/h14H,6-13H2,1-5H3. The van der Waals surface area contributed by atoms with Crippen molar-refractivity contribution in [2.45, 2.75) is 59.3 Å². The van der Waals surface area contributed by atoms with Gasteiger partial charge in [-0.05, 0) is 18.8 Å². The van der Waals surface area contributed by atoms with E-state index in [0.29, 0.717) is 5.92 Å². The van der Waals surface area contributed by atoms with Crippen molar-refractivity contribution < 1.29 is 9.47 Å². The van der Waals surface area contributed by atoms with Crippen LogP contribution in [0.1, 0.15) is 59.3 Å². The Hall–Kier alpha value is -0.0800. The van der Waals surface area contributed by atoms with E-state index in [1.807, 2.05) is 0 Å². The maximum Gasteiger partial charge on any atom is 0.0540 e. The molecule has 17 heavy (non-hydrogen) atoms. The van der Waals surface area contributed by atoms with Gasteiger partial charge in [0.05, 0.1) is 13.2 Å². The molecular weight excluding hydrogens is 212 g/mol. The molecule has 0 unspecified atom stereocenters. The summed E-state index contributed by atoms with van der Waals surface area (Å²) in [5.74, 6) is 0.700. The molecule has 0 aliphatic heterocycles. The Morgan fingerprint density at radius 1 is 0.941 bits per heavy atom. The first-order chi connectivity index (χ1) is 8.10. The van der Waals surface area contributed by atoms with E-state index in [1.54, 1.807) is 14.2 Å². The molecule has 104 valence electrons. The highest BCUT2D eigenvalue weighted by atomic mass is 16.5. The molecule has 0 aromatic rings. The van der Waals surface area contributed by atoms with E-state index in [1.165, 1.54) is 38.5 Å². The van der Waals surface area contributed by atoms with Crippen LogP contribution in [0, 0.1) is 11.3 Å². The first kappa shape index (κ1) is 16.9. The number of rotatable bonds is 11. The molecule has 0 bridgehead atoms. The van der Waals surface area contributed by atoms with E-state index in [-0.39, 0.29) is 5.41 Å². The van der Waals surface area contributed by atoms with E-state index in [0.717, 1.165) is 13.2 Å². The van der Waals surface area contributed by atoms with Gasteiger partial charge in [0.25, 0.3) is 0 Å². The van der Waals surface area contributed by atoms with Crippen molar-refractivity contribution in [3.63, 3.8) is 0 Å². The third-order valence-corrected chi connectivity index (χ3v) is 3.30. The molecule has 0 atom stereocenters. The molecule has 0 saturated heterocycles. The average molecular weight is 244 g/mol. The van der Waals surface area contributed by atoms with Gasteiger partial charge in [0.2, 0.25) is 0 Å². The molecule has 0 fully saturated rings. The Morgan fingerprint density at radius 3 is 1.94 bits per heavy atom. The SMILES string of the molecule is CCCCCCC(COC)(COC)CC(C)C. The molecule has 0 N–H and O–H groups in total. The molecule has 0 aromatic heterocycles. The lowest BCUT2D eigenvalue weighted by Gasteiger charge is -2.34. The predicted octanol–water partition coefficient (Wildman–Crippen LogP) is 4.28. The summed E-state index contributed by atoms with van der Waals surface area (Å²) in [6, 6.07) is 0. The number of unbranched alkanes of at least 4 members (excludes halogenated alkanes) is 3. The molecule has 2 nitrogen and oxygen atoms in total. The Balaban J connectivity index is 4.31. The lowest BCUT2D eigenvalue weighted by Crippen LogP contribution is -2.33. The van der Waals surface area contributed by atoms with Gasteiger partial charge in [-0.15, -0.1) is 0 Å². The minimum Gasteiger partial charge on any atom is -0.384 e. The Labute approximate surface area is 108 Å². The first-order valence-corrected chi connectivity index (χ1v) is 7.08. The number of hydrogen-bond donors (Lipinski definition) is 0. The van der Waals surface area contributed by atoms with Gasteiger partial charge < -0.3 is 9.47 Å². The zero-order valence-corrected chi connectivity index (χ0v) is 12.6. The van der Waals surface area contributed by atoms with Gasteiger partial charge in [-0.1, -0.05) is 46.5 Å². The fourth-order valence-electron chi connectivity index (χ4n) is 2.81. The molecule has 0 aromatic carbocycles. The summed E-state index contributed by atoms with van der Waals surface area (Å²) in [6.45, 7) is 8.47. The number of methoxy groups -OCH3 is 2. The molecular formula is C15H32O2. The van der Waals surface area contributed by atoms with Crippen LogP contribution in [0.5, 0.6) is 0 Å². The highest BCUT2D eigenvalue weighted by Gasteiger charge is 2.30. The van der Waals surface area contributed by atoms with E-state index >= 15 is 0 Å². The van der Waals surface area contributed by atoms with Crippen LogP contribution in [0.15, 0.2) is 0 Å². The lowest BCUT2D eigenvalue weighted by molar-refractivity contribution is -0.0104. The molecule has 0 radical (unpaired) electrons. The van der Waals surface area contributed by atoms with Crippen molar-refractivity contribution in [2.75, 3.05) is 27.4 Å². The van der Waals surface area contributed by atoms with Gasteiger partial charge in [-0.2, -0.15) is 0 Å². The Bertz CT molecular complexity index is 160. The van der Waals surface area contributed by atoms with Crippen molar-refractivity contribution in [2.24, 2.45) is 11.3 Å². The Morgan fingerprint density at radius 2 is 1.53 bits per heavy atom. The maximum atomic E-state index is 5.44. The van der Waals surface area contributed by atoms with Gasteiger partial charge >= 0.3 is 0 Å². The topological polar surface area (TPSA) is 18.5 Å². The van der Waals surface area contributed by atoms with Crippen molar-refractivity contribution in [3.05, 3.63) is 0 Å². The van der Waals surface area contributed by atoms with Crippen molar-refractivity contribution in [1.82, 2.24) is 0 Å². The van der Waals surface area contributed by atoms with E-state index < -0.39 is 0 Å². The molecule has 0 saturated carbocycles. The quantitative estimate of drug-likeness (QED) is 0.505. The molecule has 0 heterocycles. The van der Waals surface area contributed by atoms with Gasteiger partial charge in [0, 0.05) is 19.6 Å². The predicted molar refractivity (Wildman–Crippen MR) is 74.4 cm³/mol. The Kier molecular flexibility index (Phi) is 9.85. The van der Waals surface area contributed by atoms with Crippen molar-refractivity contribution in [3.8, 4) is 0 Å². The summed E-state index contributed by atoms with van der Waals surface area (Å²) in [4.78, 5) is 0. The molecule has 0 rings (SSSR count). The van der Waals surface area contributed by atoms with Crippen molar-refractivity contribution in [1.29, 1.82) is 0 Å². The first-order valence-electron chi connectivity index (χ1n) is 7.08. The highest BCUT2D eigenvalue weighted by molar-refractivity contribution is 4.80. The second-order valence-corrected chi connectivity index (χ2v) is 5.77. The minimum absolute atomic E-state index is 0.228. The number of hydrogen-bond acceptors (Lipinski definition) is 2. The molecule has 0 amide bonds. The number of ether oxygens (including phenoxy) is 2. The van der Waals surface area contributed by atoms with Gasteiger partial charge in [0.1, 0.15) is 0 Å². The second-order valence-electron chi connectivity index (χ2n) is 5.77. The van der Waals surface area contributed by atoms with Crippen LogP contribution in [-0.2, 0) is 9.47 Å². The summed E-state index contributed by atoms with van der Waals surface area (Å²) in [6.07, 6.45) is 7.70. The average Bonchev–Trinajstić information content (AvgIpc) is 2.24. The lowest BCUT2D eigenvalue weighted by atomic mass is 9.77. The van der Waals surface area contributed by atoms with Gasteiger partial charge in [-0.25, -0.2) is 0 Å². The zero-order valence-electron chi connectivity index (χ0n) is 12.6. The zero-order chi connectivity index (χ0) is 13.1. The normalized spacial score (nSPS) is 12.4. The largest absolute Gasteiger partial charge is 0.384 e.